The van der Waals surface area contributed by atoms with E-state index in [-0.39, 0.29) is 0 Å². The largest absolute Gasteiger partial charge is 0.330 e. The molecular formula is C16H28N2. The summed E-state index contributed by atoms with van der Waals surface area (Å²) in [5, 5.41) is 0. The Kier molecular flexibility index (Phi) is 6.99. The maximum Gasteiger partial charge on any atom is 0.0230 e. The Bertz CT molecular complexity index is 308. The van der Waals surface area contributed by atoms with Crippen LogP contribution >= 0.6 is 0 Å². The molecule has 1 aromatic carbocycles. The Morgan fingerprint density at radius 2 is 1.83 bits per heavy atom. The van der Waals surface area contributed by atoms with Crippen molar-refractivity contribution < 1.29 is 0 Å². The van der Waals surface area contributed by atoms with Crippen LogP contribution in [0.1, 0.15) is 32.3 Å². The lowest BCUT2D eigenvalue weighted by Gasteiger charge is -2.22. The molecule has 0 aliphatic rings. The molecule has 18 heavy (non-hydrogen) atoms. The van der Waals surface area contributed by atoms with Gasteiger partial charge in [0.15, 0.2) is 0 Å². The SMILES string of the molecule is CC(C)CC(CN)CCN(C)Cc1ccccc1. The van der Waals surface area contributed by atoms with Crippen LogP contribution in [-0.2, 0) is 6.54 Å². The molecule has 1 aromatic rings. The van der Waals surface area contributed by atoms with Crippen LogP contribution in [0.2, 0.25) is 0 Å². The van der Waals surface area contributed by atoms with Crippen molar-refractivity contribution in [3.8, 4) is 0 Å². The van der Waals surface area contributed by atoms with Crippen molar-refractivity contribution in [2.24, 2.45) is 17.6 Å². The molecular weight excluding hydrogens is 220 g/mol. The Labute approximate surface area is 112 Å². The summed E-state index contributed by atoms with van der Waals surface area (Å²) >= 11 is 0. The van der Waals surface area contributed by atoms with Crippen molar-refractivity contribution in [1.29, 1.82) is 0 Å². The van der Waals surface area contributed by atoms with Crippen molar-refractivity contribution in [2.75, 3.05) is 20.1 Å². The first kappa shape index (κ1) is 15.2. The van der Waals surface area contributed by atoms with Gasteiger partial charge in [-0.25, -0.2) is 0 Å². The summed E-state index contributed by atoms with van der Waals surface area (Å²) in [5.41, 5.74) is 7.22. The van der Waals surface area contributed by atoms with E-state index in [1.54, 1.807) is 0 Å². The number of hydrogen-bond donors (Lipinski definition) is 1. The molecule has 1 atom stereocenters. The van der Waals surface area contributed by atoms with Gasteiger partial charge in [-0.2, -0.15) is 0 Å². The zero-order valence-electron chi connectivity index (χ0n) is 12.1. The van der Waals surface area contributed by atoms with E-state index in [9.17, 15) is 0 Å². The molecule has 1 unspecified atom stereocenters. The van der Waals surface area contributed by atoms with Crippen LogP contribution < -0.4 is 5.73 Å². The number of rotatable bonds is 8. The van der Waals surface area contributed by atoms with Crippen LogP contribution in [0.25, 0.3) is 0 Å². The highest BCUT2D eigenvalue weighted by Crippen LogP contribution is 2.15. The Morgan fingerprint density at radius 3 is 2.39 bits per heavy atom. The zero-order valence-corrected chi connectivity index (χ0v) is 12.1. The fourth-order valence-electron chi connectivity index (χ4n) is 2.38. The predicted molar refractivity (Wildman–Crippen MR) is 79.4 cm³/mol. The third-order valence-electron chi connectivity index (χ3n) is 3.35. The van der Waals surface area contributed by atoms with Gasteiger partial charge < -0.3 is 10.6 Å². The zero-order chi connectivity index (χ0) is 13.4. The maximum atomic E-state index is 5.84. The minimum Gasteiger partial charge on any atom is -0.330 e. The molecule has 0 heterocycles. The highest BCUT2D eigenvalue weighted by atomic mass is 15.1. The Morgan fingerprint density at radius 1 is 1.17 bits per heavy atom. The third kappa shape index (κ3) is 6.18. The number of nitrogens with two attached hydrogens (primary N) is 1. The van der Waals surface area contributed by atoms with E-state index in [0.29, 0.717) is 5.92 Å². The average molecular weight is 248 g/mol. The van der Waals surface area contributed by atoms with Crippen LogP contribution in [0.4, 0.5) is 0 Å². The van der Waals surface area contributed by atoms with Gasteiger partial charge in [0, 0.05) is 6.54 Å². The molecule has 0 saturated heterocycles. The van der Waals surface area contributed by atoms with Gasteiger partial charge in [-0.1, -0.05) is 44.2 Å². The second-order valence-corrected chi connectivity index (χ2v) is 5.74. The first-order valence-corrected chi connectivity index (χ1v) is 7.04. The molecule has 2 N–H and O–H groups in total. The summed E-state index contributed by atoms with van der Waals surface area (Å²) in [6, 6.07) is 10.6. The second kappa shape index (κ2) is 8.28. The summed E-state index contributed by atoms with van der Waals surface area (Å²) in [6.45, 7) is 7.52. The van der Waals surface area contributed by atoms with Gasteiger partial charge in [0.25, 0.3) is 0 Å². The van der Waals surface area contributed by atoms with Crippen LogP contribution in [0.5, 0.6) is 0 Å². The molecule has 0 spiro atoms. The summed E-state index contributed by atoms with van der Waals surface area (Å²) in [6.07, 6.45) is 2.45. The molecule has 2 heteroatoms. The Hall–Kier alpha value is -0.860. The molecule has 102 valence electrons. The summed E-state index contributed by atoms with van der Waals surface area (Å²) in [5.74, 6) is 1.42. The van der Waals surface area contributed by atoms with Gasteiger partial charge in [-0.15, -0.1) is 0 Å². The summed E-state index contributed by atoms with van der Waals surface area (Å²) in [4.78, 5) is 2.39. The molecule has 0 aromatic heterocycles. The fraction of sp³-hybridized carbons (Fsp3) is 0.625. The topological polar surface area (TPSA) is 29.3 Å². The minimum absolute atomic E-state index is 0.670. The molecule has 0 aliphatic heterocycles. The number of hydrogen-bond acceptors (Lipinski definition) is 2. The van der Waals surface area contributed by atoms with Crippen LogP contribution in [0.15, 0.2) is 30.3 Å². The normalized spacial score (nSPS) is 13.2. The van der Waals surface area contributed by atoms with Crippen LogP contribution in [0, 0.1) is 11.8 Å². The van der Waals surface area contributed by atoms with Crippen molar-refractivity contribution >= 4 is 0 Å². The molecule has 0 aliphatic carbocycles. The van der Waals surface area contributed by atoms with Gasteiger partial charge in [0.05, 0.1) is 0 Å². The average Bonchev–Trinajstić information content (AvgIpc) is 2.35. The molecule has 0 bridgehead atoms. The lowest BCUT2D eigenvalue weighted by Crippen LogP contribution is -2.25. The molecule has 0 saturated carbocycles. The minimum atomic E-state index is 0.670. The van der Waals surface area contributed by atoms with Crippen molar-refractivity contribution in [3.63, 3.8) is 0 Å². The van der Waals surface area contributed by atoms with Gasteiger partial charge >= 0.3 is 0 Å². The lowest BCUT2D eigenvalue weighted by atomic mass is 9.94. The van der Waals surface area contributed by atoms with Gasteiger partial charge in [0.1, 0.15) is 0 Å². The van der Waals surface area contributed by atoms with Crippen molar-refractivity contribution in [1.82, 2.24) is 4.90 Å². The molecule has 0 fully saturated rings. The lowest BCUT2D eigenvalue weighted by molar-refractivity contribution is 0.279. The first-order valence-electron chi connectivity index (χ1n) is 7.04. The van der Waals surface area contributed by atoms with Crippen LogP contribution in [-0.4, -0.2) is 25.0 Å². The first-order chi connectivity index (χ1) is 8.61. The third-order valence-corrected chi connectivity index (χ3v) is 3.35. The highest BCUT2D eigenvalue weighted by Gasteiger charge is 2.10. The standard InChI is InChI=1S/C16H28N2/c1-14(2)11-16(12-17)9-10-18(3)13-15-7-5-4-6-8-15/h4-8,14,16H,9-13,17H2,1-3H3. The van der Waals surface area contributed by atoms with Crippen LogP contribution in [0.3, 0.4) is 0 Å². The number of benzene rings is 1. The van der Waals surface area contributed by atoms with Gasteiger partial charge in [0.2, 0.25) is 0 Å². The van der Waals surface area contributed by atoms with E-state index in [0.717, 1.165) is 25.6 Å². The van der Waals surface area contributed by atoms with Gasteiger partial charge in [-0.05, 0) is 50.4 Å². The smallest absolute Gasteiger partial charge is 0.0230 e. The summed E-state index contributed by atoms with van der Waals surface area (Å²) in [7, 11) is 2.19. The van der Waals surface area contributed by atoms with E-state index in [2.05, 4.69) is 56.1 Å². The molecule has 0 radical (unpaired) electrons. The monoisotopic (exact) mass is 248 g/mol. The quantitative estimate of drug-likeness (QED) is 0.766. The van der Waals surface area contributed by atoms with E-state index < -0.39 is 0 Å². The van der Waals surface area contributed by atoms with Crippen molar-refractivity contribution in [3.05, 3.63) is 35.9 Å². The number of nitrogens with zero attached hydrogens (tertiary/aromatic N) is 1. The van der Waals surface area contributed by atoms with E-state index in [1.807, 2.05) is 0 Å². The summed E-state index contributed by atoms with van der Waals surface area (Å²) < 4.78 is 0. The van der Waals surface area contributed by atoms with E-state index in [1.165, 1.54) is 18.4 Å². The predicted octanol–water partition coefficient (Wildman–Crippen LogP) is 3.13. The molecule has 2 nitrogen and oxygen atoms in total. The Balaban J connectivity index is 2.29. The van der Waals surface area contributed by atoms with E-state index >= 15 is 0 Å². The van der Waals surface area contributed by atoms with E-state index in [4.69, 9.17) is 5.73 Å². The van der Waals surface area contributed by atoms with Gasteiger partial charge in [-0.3, -0.25) is 0 Å². The maximum absolute atomic E-state index is 5.84. The van der Waals surface area contributed by atoms with Crippen molar-refractivity contribution in [2.45, 2.75) is 33.2 Å². The molecule has 0 amide bonds. The highest BCUT2D eigenvalue weighted by molar-refractivity contribution is 5.14. The second-order valence-electron chi connectivity index (χ2n) is 5.74. The fourth-order valence-corrected chi connectivity index (χ4v) is 2.38. The molecule has 1 rings (SSSR count).